The predicted octanol–water partition coefficient (Wildman–Crippen LogP) is 0.504. The van der Waals surface area contributed by atoms with Gasteiger partial charge in [-0.3, -0.25) is 4.79 Å². The number of aldehydes is 1. The lowest BCUT2D eigenvalue weighted by molar-refractivity contribution is -0.116. The SMILES string of the molecule is C=CC(=O)NCCCC=O.COCOC. The first-order valence-corrected chi connectivity index (χ1v) is 4.54. The maximum absolute atomic E-state index is 10.5. The third-order valence-corrected chi connectivity index (χ3v) is 1.22. The zero-order valence-electron chi connectivity index (χ0n) is 9.32. The Hall–Kier alpha value is -1.20. The fraction of sp³-hybridized carbons (Fsp3) is 0.600. The molecule has 0 aliphatic carbocycles. The topological polar surface area (TPSA) is 64.6 Å². The third kappa shape index (κ3) is 19.3. The molecule has 0 heterocycles. The molecule has 0 radical (unpaired) electrons. The van der Waals surface area contributed by atoms with Crippen molar-refractivity contribution in [2.75, 3.05) is 27.6 Å². The van der Waals surface area contributed by atoms with Gasteiger partial charge >= 0.3 is 0 Å². The molecule has 0 saturated carbocycles. The van der Waals surface area contributed by atoms with Gasteiger partial charge in [-0.25, -0.2) is 0 Å². The molecule has 15 heavy (non-hydrogen) atoms. The van der Waals surface area contributed by atoms with E-state index < -0.39 is 0 Å². The summed E-state index contributed by atoms with van der Waals surface area (Å²) in [7, 11) is 3.17. The van der Waals surface area contributed by atoms with Crippen LogP contribution in [0.1, 0.15) is 12.8 Å². The van der Waals surface area contributed by atoms with Crippen LogP contribution in [0.4, 0.5) is 0 Å². The average molecular weight is 217 g/mol. The Labute approximate surface area is 90.4 Å². The fourth-order valence-electron chi connectivity index (χ4n) is 0.587. The molecule has 0 bridgehead atoms. The van der Waals surface area contributed by atoms with E-state index in [1.165, 1.54) is 6.08 Å². The molecular weight excluding hydrogens is 198 g/mol. The van der Waals surface area contributed by atoms with Gasteiger partial charge in [0.1, 0.15) is 13.1 Å². The molecule has 5 nitrogen and oxygen atoms in total. The highest BCUT2D eigenvalue weighted by Crippen LogP contribution is 1.80. The molecule has 0 rings (SSSR count). The Morgan fingerprint density at radius 1 is 1.40 bits per heavy atom. The number of hydrogen-bond donors (Lipinski definition) is 1. The number of nitrogens with one attached hydrogen (secondary N) is 1. The van der Waals surface area contributed by atoms with E-state index in [4.69, 9.17) is 0 Å². The quantitative estimate of drug-likeness (QED) is 0.292. The molecule has 0 atom stereocenters. The van der Waals surface area contributed by atoms with Gasteiger partial charge < -0.3 is 19.6 Å². The van der Waals surface area contributed by atoms with E-state index in [0.717, 1.165) is 6.29 Å². The lowest BCUT2D eigenvalue weighted by atomic mass is 10.3. The molecule has 1 N–H and O–H groups in total. The van der Waals surface area contributed by atoms with Gasteiger partial charge in [-0.15, -0.1) is 0 Å². The Bertz CT molecular complexity index is 169. The van der Waals surface area contributed by atoms with Crippen LogP contribution in [-0.2, 0) is 19.1 Å². The molecular formula is C10H19NO4. The van der Waals surface area contributed by atoms with Crippen LogP contribution in [-0.4, -0.2) is 39.8 Å². The van der Waals surface area contributed by atoms with Crippen LogP contribution in [0.15, 0.2) is 12.7 Å². The Balaban J connectivity index is 0. The molecule has 88 valence electrons. The van der Waals surface area contributed by atoms with Crippen molar-refractivity contribution >= 4 is 12.2 Å². The first kappa shape index (κ1) is 16.2. The monoisotopic (exact) mass is 217 g/mol. The van der Waals surface area contributed by atoms with E-state index in [1.54, 1.807) is 14.2 Å². The summed E-state index contributed by atoms with van der Waals surface area (Å²) in [6.45, 7) is 4.21. The summed E-state index contributed by atoms with van der Waals surface area (Å²) in [6, 6.07) is 0. The second kappa shape index (κ2) is 15.3. The fourth-order valence-corrected chi connectivity index (χ4v) is 0.587. The maximum atomic E-state index is 10.5. The third-order valence-electron chi connectivity index (χ3n) is 1.22. The number of ether oxygens (including phenoxy) is 2. The van der Waals surface area contributed by atoms with Crippen LogP contribution < -0.4 is 5.32 Å². The van der Waals surface area contributed by atoms with Gasteiger partial charge in [0, 0.05) is 27.2 Å². The standard InChI is InChI=1S/C7H11NO2.C3H8O2/c1-2-7(10)8-5-3-4-6-9;1-4-3-5-2/h2,6H,1,3-5H2,(H,8,10);3H2,1-2H3. The van der Waals surface area contributed by atoms with Gasteiger partial charge in [0.2, 0.25) is 5.91 Å². The van der Waals surface area contributed by atoms with Crippen LogP contribution in [0.5, 0.6) is 0 Å². The van der Waals surface area contributed by atoms with Gasteiger partial charge in [-0.1, -0.05) is 6.58 Å². The van der Waals surface area contributed by atoms with E-state index >= 15 is 0 Å². The van der Waals surface area contributed by atoms with Crippen LogP contribution >= 0.6 is 0 Å². The van der Waals surface area contributed by atoms with Crippen molar-refractivity contribution in [3.63, 3.8) is 0 Å². The highest BCUT2D eigenvalue weighted by atomic mass is 16.6. The van der Waals surface area contributed by atoms with Crippen molar-refractivity contribution in [3.8, 4) is 0 Å². The average Bonchev–Trinajstić information content (AvgIpc) is 2.26. The molecule has 0 fully saturated rings. The van der Waals surface area contributed by atoms with Gasteiger partial charge in [-0.05, 0) is 12.5 Å². The highest BCUT2D eigenvalue weighted by molar-refractivity contribution is 5.86. The number of hydrogen-bond acceptors (Lipinski definition) is 4. The zero-order valence-corrected chi connectivity index (χ0v) is 9.32. The van der Waals surface area contributed by atoms with Gasteiger partial charge in [-0.2, -0.15) is 0 Å². The van der Waals surface area contributed by atoms with E-state index in [1.807, 2.05) is 0 Å². The van der Waals surface area contributed by atoms with Gasteiger partial charge in [0.15, 0.2) is 0 Å². The molecule has 0 saturated heterocycles. The summed E-state index contributed by atoms with van der Waals surface area (Å²) in [4.78, 5) is 20.2. The lowest BCUT2D eigenvalue weighted by Gasteiger charge is -1.96. The van der Waals surface area contributed by atoms with Crippen molar-refractivity contribution < 1.29 is 19.1 Å². The van der Waals surface area contributed by atoms with Crippen LogP contribution in [0, 0.1) is 0 Å². The predicted molar refractivity (Wildman–Crippen MR) is 57.4 cm³/mol. The van der Waals surface area contributed by atoms with Crippen LogP contribution in [0.2, 0.25) is 0 Å². The molecule has 0 aliphatic heterocycles. The molecule has 0 aromatic carbocycles. The van der Waals surface area contributed by atoms with Crippen LogP contribution in [0.25, 0.3) is 0 Å². The zero-order chi connectivity index (χ0) is 11.9. The molecule has 0 aliphatic rings. The molecule has 0 aromatic heterocycles. The Morgan fingerprint density at radius 3 is 2.33 bits per heavy atom. The van der Waals surface area contributed by atoms with Crippen molar-refractivity contribution in [2.45, 2.75) is 12.8 Å². The Morgan fingerprint density at radius 2 is 2.00 bits per heavy atom. The summed E-state index contributed by atoms with van der Waals surface area (Å²) >= 11 is 0. The van der Waals surface area contributed by atoms with Crippen molar-refractivity contribution in [1.82, 2.24) is 5.32 Å². The minimum Gasteiger partial charge on any atom is -0.359 e. The van der Waals surface area contributed by atoms with E-state index in [2.05, 4.69) is 21.4 Å². The largest absolute Gasteiger partial charge is 0.359 e. The second-order valence-corrected chi connectivity index (χ2v) is 2.50. The highest BCUT2D eigenvalue weighted by Gasteiger charge is 1.90. The normalized spacial score (nSPS) is 8.40. The van der Waals surface area contributed by atoms with Crippen molar-refractivity contribution in [1.29, 1.82) is 0 Å². The van der Waals surface area contributed by atoms with E-state index in [9.17, 15) is 9.59 Å². The molecule has 1 amide bonds. The smallest absolute Gasteiger partial charge is 0.243 e. The second-order valence-electron chi connectivity index (χ2n) is 2.50. The number of carbonyl (C=O) groups excluding carboxylic acids is 2. The maximum Gasteiger partial charge on any atom is 0.243 e. The number of rotatable bonds is 7. The lowest BCUT2D eigenvalue weighted by Crippen LogP contribution is -2.21. The van der Waals surface area contributed by atoms with E-state index in [0.29, 0.717) is 26.2 Å². The summed E-state index contributed by atoms with van der Waals surface area (Å²) in [5.74, 6) is -0.189. The molecule has 0 unspecified atom stereocenters. The summed E-state index contributed by atoms with van der Waals surface area (Å²) in [6.07, 6.45) is 3.24. The number of amides is 1. The summed E-state index contributed by atoms with van der Waals surface area (Å²) < 4.78 is 8.94. The van der Waals surface area contributed by atoms with Gasteiger partial charge in [0.25, 0.3) is 0 Å². The van der Waals surface area contributed by atoms with Gasteiger partial charge in [0.05, 0.1) is 0 Å². The first-order valence-electron chi connectivity index (χ1n) is 4.54. The minimum atomic E-state index is -0.189. The minimum absolute atomic E-state index is 0.189. The van der Waals surface area contributed by atoms with Crippen molar-refractivity contribution in [3.05, 3.63) is 12.7 Å². The Kier molecular flexibility index (Phi) is 16.5. The summed E-state index contributed by atoms with van der Waals surface area (Å²) in [5, 5.41) is 2.55. The first-order chi connectivity index (χ1) is 7.22. The van der Waals surface area contributed by atoms with Crippen LogP contribution in [0.3, 0.4) is 0 Å². The number of carbonyl (C=O) groups is 2. The summed E-state index contributed by atoms with van der Waals surface area (Å²) in [5.41, 5.74) is 0. The number of methoxy groups -OCH3 is 2. The molecule has 0 spiro atoms. The van der Waals surface area contributed by atoms with E-state index in [-0.39, 0.29) is 5.91 Å². The molecule has 0 aromatic rings. The number of unbranched alkanes of at least 4 members (excludes halogenated alkanes) is 1. The van der Waals surface area contributed by atoms with Crippen molar-refractivity contribution in [2.24, 2.45) is 0 Å². The molecule has 5 heteroatoms.